The summed E-state index contributed by atoms with van der Waals surface area (Å²) < 4.78 is 6.58. The summed E-state index contributed by atoms with van der Waals surface area (Å²) in [5.74, 6) is 0. The monoisotopic (exact) mass is 348 g/mol. The van der Waals surface area contributed by atoms with Gasteiger partial charge in [0.1, 0.15) is 0 Å². The normalized spacial score (nSPS) is 14.0. The van der Waals surface area contributed by atoms with Crippen LogP contribution in [0.4, 0.5) is 0 Å². The standard InChI is InChI=1S/C18H20O2Se/c1-2-20-14-13-17(21-16-11-7-4-8-12-16)18(19)15-9-5-3-6-10-15/h3-14,17-19H,2H2,1H3/b14-13-/t17-,18-/m0/s1. The molecule has 0 saturated carbocycles. The third-order valence-corrected chi connectivity index (χ3v) is 5.58. The Kier molecular flexibility index (Phi) is 6.55. The van der Waals surface area contributed by atoms with Gasteiger partial charge in [0.25, 0.3) is 0 Å². The van der Waals surface area contributed by atoms with E-state index in [9.17, 15) is 5.11 Å². The van der Waals surface area contributed by atoms with Gasteiger partial charge in [-0.05, 0) is 0 Å². The van der Waals surface area contributed by atoms with Crippen molar-refractivity contribution in [3.8, 4) is 0 Å². The van der Waals surface area contributed by atoms with Crippen LogP contribution in [0.15, 0.2) is 73.0 Å². The van der Waals surface area contributed by atoms with Gasteiger partial charge in [0.2, 0.25) is 0 Å². The number of aliphatic hydroxyl groups is 1. The second-order valence-corrected chi connectivity index (χ2v) is 7.16. The summed E-state index contributed by atoms with van der Waals surface area (Å²) in [5, 5.41) is 10.6. The first-order chi connectivity index (χ1) is 10.3. The van der Waals surface area contributed by atoms with Crippen molar-refractivity contribution in [1.82, 2.24) is 0 Å². The molecule has 0 spiro atoms. The van der Waals surface area contributed by atoms with E-state index in [2.05, 4.69) is 12.1 Å². The Hall–Kier alpha value is -1.54. The second-order valence-electron chi connectivity index (χ2n) is 4.53. The van der Waals surface area contributed by atoms with Crippen LogP contribution in [0, 0.1) is 0 Å². The van der Waals surface area contributed by atoms with Gasteiger partial charge >= 0.3 is 132 Å². The van der Waals surface area contributed by atoms with Crippen molar-refractivity contribution in [2.24, 2.45) is 0 Å². The Bertz CT molecular complexity index is 540. The molecule has 21 heavy (non-hydrogen) atoms. The number of rotatable bonds is 7. The summed E-state index contributed by atoms with van der Waals surface area (Å²) in [6.45, 7) is 2.60. The maximum absolute atomic E-state index is 10.6. The van der Waals surface area contributed by atoms with Gasteiger partial charge in [-0.3, -0.25) is 0 Å². The third-order valence-electron chi connectivity index (χ3n) is 3.00. The van der Waals surface area contributed by atoms with Gasteiger partial charge in [-0.1, -0.05) is 0 Å². The molecule has 0 aliphatic carbocycles. The molecule has 1 N–H and O–H groups in total. The van der Waals surface area contributed by atoms with Crippen LogP contribution in [0.2, 0.25) is 4.82 Å². The van der Waals surface area contributed by atoms with Gasteiger partial charge in [0, 0.05) is 0 Å². The minimum absolute atomic E-state index is 0.0499. The minimum atomic E-state index is -0.511. The van der Waals surface area contributed by atoms with E-state index in [4.69, 9.17) is 4.74 Å². The van der Waals surface area contributed by atoms with E-state index >= 15 is 0 Å². The molecule has 0 fully saturated rings. The predicted octanol–water partition coefficient (Wildman–Crippen LogP) is 3.09. The molecule has 0 aliphatic heterocycles. The first-order valence-electron chi connectivity index (χ1n) is 7.04. The van der Waals surface area contributed by atoms with E-state index < -0.39 is 6.10 Å². The summed E-state index contributed by atoms with van der Waals surface area (Å²) in [7, 11) is 0. The van der Waals surface area contributed by atoms with Crippen molar-refractivity contribution >= 4 is 19.4 Å². The van der Waals surface area contributed by atoms with Gasteiger partial charge in [0.15, 0.2) is 0 Å². The predicted molar refractivity (Wildman–Crippen MR) is 87.7 cm³/mol. The van der Waals surface area contributed by atoms with Crippen LogP contribution in [0.5, 0.6) is 0 Å². The van der Waals surface area contributed by atoms with Crippen molar-refractivity contribution in [2.75, 3.05) is 6.61 Å². The molecular formula is C18H20O2Se. The molecule has 0 heterocycles. The van der Waals surface area contributed by atoms with E-state index in [0.29, 0.717) is 6.61 Å². The zero-order valence-electron chi connectivity index (χ0n) is 12.1. The fraction of sp³-hybridized carbons (Fsp3) is 0.222. The molecule has 2 aromatic rings. The van der Waals surface area contributed by atoms with Crippen molar-refractivity contribution in [3.05, 3.63) is 78.6 Å². The molecule has 110 valence electrons. The van der Waals surface area contributed by atoms with E-state index in [0.717, 1.165) is 5.56 Å². The van der Waals surface area contributed by atoms with Crippen LogP contribution in [0.3, 0.4) is 0 Å². The second kappa shape index (κ2) is 8.68. The molecule has 0 bridgehead atoms. The summed E-state index contributed by atoms with van der Waals surface area (Å²) in [6, 6.07) is 20.1. The van der Waals surface area contributed by atoms with Crippen molar-refractivity contribution in [1.29, 1.82) is 0 Å². The number of benzene rings is 2. The Labute approximate surface area is 132 Å². The van der Waals surface area contributed by atoms with Gasteiger partial charge in [-0.2, -0.15) is 0 Å². The zero-order valence-corrected chi connectivity index (χ0v) is 13.8. The molecule has 0 aliphatic rings. The number of ether oxygens (including phenoxy) is 1. The summed E-state index contributed by atoms with van der Waals surface area (Å²) in [6.07, 6.45) is 3.18. The van der Waals surface area contributed by atoms with Gasteiger partial charge in [-0.15, -0.1) is 0 Å². The summed E-state index contributed by atoms with van der Waals surface area (Å²) >= 11 is 0.143. The van der Waals surface area contributed by atoms with E-state index in [1.807, 2.05) is 61.5 Å². The molecule has 3 heteroatoms. The quantitative estimate of drug-likeness (QED) is 0.616. The maximum atomic E-state index is 10.6. The van der Waals surface area contributed by atoms with Gasteiger partial charge in [-0.25, -0.2) is 0 Å². The van der Waals surface area contributed by atoms with Gasteiger partial charge in [0.05, 0.1) is 0 Å². The number of hydrogen-bond acceptors (Lipinski definition) is 2. The van der Waals surface area contributed by atoms with Crippen LogP contribution in [-0.4, -0.2) is 26.7 Å². The molecule has 2 rings (SSSR count). The molecule has 0 saturated heterocycles. The van der Waals surface area contributed by atoms with E-state index in [1.165, 1.54) is 4.46 Å². The zero-order chi connectivity index (χ0) is 14.9. The first-order valence-corrected chi connectivity index (χ1v) is 8.89. The van der Waals surface area contributed by atoms with E-state index in [1.54, 1.807) is 6.26 Å². The number of hydrogen-bond donors (Lipinski definition) is 1. The van der Waals surface area contributed by atoms with Crippen LogP contribution in [0.1, 0.15) is 18.6 Å². The van der Waals surface area contributed by atoms with Gasteiger partial charge < -0.3 is 0 Å². The van der Waals surface area contributed by atoms with Crippen LogP contribution in [-0.2, 0) is 4.74 Å². The van der Waals surface area contributed by atoms with Crippen molar-refractivity contribution < 1.29 is 9.84 Å². The fourth-order valence-corrected chi connectivity index (χ4v) is 4.15. The Morgan fingerprint density at radius 2 is 1.67 bits per heavy atom. The first kappa shape index (κ1) is 15.8. The van der Waals surface area contributed by atoms with Crippen molar-refractivity contribution in [3.63, 3.8) is 0 Å². The third kappa shape index (κ3) is 5.05. The van der Waals surface area contributed by atoms with Crippen LogP contribution < -0.4 is 4.46 Å². The Morgan fingerprint density at radius 1 is 1.05 bits per heavy atom. The SMILES string of the molecule is CCO/C=C\[C@H]([Se]c1ccccc1)[C@@H](O)c1ccccc1. The molecular weight excluding hydrogens is 327 g/mol. The average Bonchev–Trinajstić information content (AvgIpc) is 2.55. The Morgan fingerprint density at radius 3 is 2.29 bits per heavy atom. The molecule has 2 atom stereocenters. The van der Waals surface area contributed by atoms with E-state index in [-0.39, 0.29) is 19.8 Å². The van der Waals surface area contributed by atoms with Crippen molar-refractivity contribution in [2.45, 2.75) is 17.8 Å². The molecule has 0 amide bonds. The molecule has 2 nitrogen and oxygen atoms in total. The average molecular weight is 347 g/mol. The fourth-order valence-electron chi connectivity index (χ4n) is 1.93. The van der Waals surface area contributed by atoms with Crippen LogP contribution in [0.25, 0.3) is 0 Å². The summed E-state index contributed by atoms with van der Waals surface area (Å²) in [4.78, 5) is 0.0499. The van der Waals surface area contributed by atoms with Crippen LogP contribution >= 0.6 is 0 Å². The molecule has 0 radical (unpaired) electrons. The molecule has 2 aromatic carbocycles. The molecule has 0 unspecified atom stereocenters. The number of aliphatic hydroxyl groups excluding tert-OH is 1. The Balaban J connectivity index is 2.15. The molecule has 0 aromatic heterocycles. The summed E-state index contributed by atoms with van der Waals surface area (Å²) in [5.41, 5.74) is 0.946. The topological polar surface area (TPSA) is 29.5 Å².